The second-order valence-electron chi connectivity index (χ2n) is 7.34. The van der Waals surface area contributed by atoms with Crippen LogP contribution in [0.5, 0.6) is 11.5 Å². The predicted octanol–water partition coefficient (Wildman–Crippen LogP) is 5.48. The number of aryl methyl sites for hydroxylation is 1. The van der Waals surface area contributed by atoms with E-state index in [-0.39, 0.29) is 11.9 Å². The van der Waals surface area contributed by atoms with Gasteiger partial charge in [-0.25, -0.2) is 9.59 Å². The van der Waals surface area contributed by atoms with Crippen LogP contribution in [0.15, 0.2) is 78.9 Å². The van der Waals surface area contributed by atoms with Crippen LogP contribution in [-0.4, -0.2) is 24.6 Å². The molecular formula is C26H26O5. The third-order valence-electron chi connectivity index (χ3n) is 4.41. The molecule has 5 heteroatoms. The molecule has 5 nitrogen and oxygen atoms in total. The lowest BCUT2D eigenvalue weighted by molar-refractivity contribution is 0.0498. The third kappa shape index (κ3) is 7.00. The largest absolute Gasteiger partial charge is 0.491 e. The Balaban J connectivity index is 1.54. The van der Waals surface area contributed by atoms with E-state index in [0.717, 1.165) is 12.8 Å². The Morgan fingerprint density at radius 2 is 1.42 bits per heavy atom. The molecule has 0 radical (unpaired) electrons. The van der Waals surface area contributed by atoms with Crippen LogP contribution >= 0.6 is 0 Å². The smallest absolute Gasteiger partial charge is 0.343 e. The summed E-state index contributed by atoms with van der Waals surface area (Å²) in [6.07, 6.45) is 1.58. The van der Waals surface area contributed by atoms with E-state index in [0.29, 0.717) is 23.5 Å². The van der Waals surface area contributed by atoms with Gasteiger partial charge < -0.3 is 14.2 Å². The minimum Gasteiger partial charge on any atom is -0.491 e. The number of carbonyl (C=O) groups excluding carboxylic acids is 2. The number of carbonyl (C=O) groups is 2. The summed E-state index contributed by atoms with van der Waals surface area (Å²) in [4.78, 5) is 24.8. The molecule has 31 heavy (non-hydrogen) atoms. The van der Waals surface area contributed by atoms with Crippen molar-refractivity contribution in [2.75, 3.05) is 6.61 Å². The number of ether oxygens (including phenoxy) is 3. The van der Waals surface area contributed by atoms with Crippen molar-refractivity contribution in [3.8, 4) is 11.5 Å². The van der Waals surface area contributed by atoms with Crippen LogP contribution in [0.4, 0.5) is 0 Å². The first kappa shape index (κ1) is 22.1. The maximum Gasteiger partial charge on any atom is 0.343 e. The van der Waals surface area contributed by atoms with E-state index in [1.807, 2.05) is 44.2 Å². The lowest BCUT2D eigenvalue weighted by atomic mass is 10.1. The normalized spacial score (nSPS) is 10.5. The van der Waals surface area contributed by atoms with Gasteiger partial charge in [-0.2, -0.15) is 0 Å². The molecule has 3 aromatic carbocycles. The van der Waals surface area contributed by atoms with E-state index < -0.39 is 11.9 Å². The number of hydrogen-bond acceptors (Lipinski definition) is 5. The molecule has 0 N–H and O–H groups in total. The molecule has 0 fully saturated rings. The van der Waals surface area contributed by atoms with Crippen LogP contribution in [-0.2, 0) is 11.2 Å². The maximum absolute atomic E-state index is 12.5. The lowest BCUT2D eigenvalue weighted by Crippen LogP contribution is -2.11. The molecule has 0 spiro atoms. The summed E-state index contributed by atoms with van der Waals surface area (Å²) < 4.78 is 16.4. The van der Waals surface area contributed by atoms with Gasteiger partial charge in [0, 0.05) is 0 Å². The Kier molecular flexibility index (Phi) is 7.82. The Bertz CT molecular complexity index is 1010. The highest BCUT2D eigenvalue weighted by molar-refractivity contribution is 5.93. The van der Waals surface area contributed by atoms with Crippen molar-refractivity contribution in [1.82, 2.24) is 0 Å². The van der Waals surface area contributed by atoms with E-state index in [1.165, 1.54) is 11.6 Å². The van der Waals surface area contributed by atoms with Gasteiger partial charge in [0.1, 0.15) is 11.5 Å². The van der Waals surface area contributed by atoms with Crippen LogP contribution < -0.4 is 9.47 Å². The second-order valence-corrected chi connectivity index (χ2v) is 7.34. The van der Waals surface area contributed by atoms with Crippen LogP contribution in [0, 0.1) is 0 Å². The van der Waals surface area contributed by atoms with Crippen molar-refractivity contribution >= 4 is 11.9 Å². The summed E-state index contributed by atoms with van der Waals surface area (Å²) >= 11 is 0. The average Bonchev–Trinajstić information content (AvgIpc) is 2.77. The topological polar surface area (TPSA) is 61.8 Å². The summed E-state index contributed by atoms with van der Waals surface area (Å²) in [5, 5.41) is 0. The zero-order valence-corrected chi connectivity index (χ0v) is 17.7. The van der Waals surface area contributed by atoms with Crippen molar-refractivity contribution in [2.24, 2.45) is 0 Å². The maximum atomic E-state index is 12.5. The van der Waals surface area contributed by atoms with Crippen LogP contribution in [0.1, 0.15) is 46.5 Å². The van der Waals surface area contributed by atoms with E-state index >= 15 is 0 Å². The Labute approximate surface area is 182 Å². The molecule has 160 valence electrons. The third-order valence-corrected chi connectivity index (χ3v) is 4.41. The van der Waals surface area contributed by atoms with Crippen molar-refractivity contribution in [1.29, 1.82) is 0 Å². The van der Waals surface area contributed by atoms with E-state index in [4.69, 9.17) is 14.2 Å². The first-order chi connectivity index (χ1) is 15.0. The zero-order chi connectivity index (χ0) is 22.1. The monoisotopic (exact) mass is 418 g/mol. The van der Waals surface area contributed by atoms with Crippen LogP contribution in [0.25, 0.3) is 0 Å². The standard InChI is InChI=1S/C26H26O5/c1-19(2)30-23-14-7-13-22(18-23)26(28)31-24-15-6-12-21(17-24)25(27)29-16-8-11-20-9-4-3-5-10-20/h3-7,9-10,12-15,17-19H,8,11,16H2,1-2H3. The summed E-state index contributed by atoms with van der Waals surface area (Å²) in [5.74, 6) is -0.0999. The number of benzene rings is 3. The van der Waals surface area contributed by atoms with Gasteiger partial charge in [0.25, 0.3) is 0 Å². The van der Waals surface area contributed by atoms with Crippen LogP contribution in [0.3, 0.4) is 0 Å². The molecule has 0 heterocycles. The van der Waals surface area contributed by atoms with Crippen LogP contribution in [0.2, 0.25) is 0 Å². The van der Waals surface area contributed by atoms with Gasteiger partial charge in [0.15, 0.2) is 0 Å². The number of esters is 2. The molecule has 0 aliphatic rings. The fraction of sp³-hybridized carbons (Fsp3) is 0.231. The highest BCUT2D eigenvalue weighted by Gasteiger charge is 2.13. The van der Waals surface area contributed by atoms with Gasteiger partial charge in [-0.3, -0.25) is 0 Å². The van der Waals surface area contributed by atoms with Gasteiger partial charge in [-0.1, -0.05) is 42.5 Å². The quantitative estimate of drug-likeness (QED) is 0.261. The fourth-order valence-electron chi connectivity index (χ4n) is 2.99. The first-order valence-corrected chi connectivity index (χ1v) is 10.3. The highest BCUT2D eigenvalue weighted by atomic mass is 16.5. The van der Waals surface area contributed by atoms with Gasteiger partial charge >= 0.3 is 11.9 Å². The SMILES string of the molecule is CC(C)Oc1cccc(C(=O)Oc2cccc(C(=O)OCCCc3ccccc3)c2)c1. The van der Waals surface area contributed by atoms with Gasteiger partial charge in [0.05, 0.1) is 23.8 Å². The van der Waals surface area contributed by atoms with Crippen molar-refractivity contribution in [2.45, 2.75) is 32.8 Å². The average molecular weight is 418 g/mol. The molecule has 3 aromatic rings. The molecule has 0 aliphatic heterocycles. The van der Waals surface area contributed by atoms with Gasteiger partial charge in [0.2, 0.25) is 0 Å². The van der Waals surface area contributed by atoms with E-state index in [2.05, 4.69) is 0 Å². The second kappa shape index (κ2) is 11.0. The van der Waals surface area contributed by atoms with Crippen molar-refractivity contribution in [3.63, 3.8) is 0 Å². The predicted molar refractivity (Wildman–Crippen MR) is 119 cm³/mol. The molecule has 0 atom stereocenters. The van der Waals surface area contributed by atoms with Gasteiger partial charge in [-0.05, 0) is 68.7 Å². The Morgan fingerprint density at radius 3 is 2.13 bits per heavy atom. The number of rotatable bonds is 9. The molecule has 0 saturated heterocycles. The van der Waals surface area contributed by atoms with Gasteiger partial charge in [-0.15, -0.1) is 0 Å². The molecule has 0 unspecified atom stereocenters. The zero-order valence-electron chi connectivity index (χ0n) is 17.7. The summed E-state index contributed by atoms with van der Waals surface area (Å²) in [7, 11) is 0. The summed E-state index contributed by atoms with van der Waals surface area (Å²) in [5.41, 5.74) is 1.91. The Morgan fingerprint density at radius 1 is 0.774 bits per heavy atom. The van der Waals surface area contributed by atoms with E-state index in [1.54, 1.807) is 42.5 Å². The Hall–Kier alpha value is -3.60. The molecular weight excluding hydrogens is 392 g/mol. The minimum atomic E-state index is -0.525. The summed E-state index contributed by atoms with van der Waals surface area (Å²) in [6.45, 7) is 4.15. The lowest BCUT2D eigenvalue weighted by Gasteiger charge is -2.11. The van der Waals surface area contributed by atoms with E-state index in [9.17, 15) is 9.59 Å². The number of hydrogen-bond donors (Lipinski definition) is 0. The van der Waals surface area contributed by atoms with Crippen molar-refractivity contribution < 1.29 is 23.8 Å². The highest BCUT2D eigenvalue weighted by Crippen LogP contribution is 2.19. The molecule has 0 bridgehead atoms. The fourth-order valence-corrected chi connectivity index (χ4v) is 2.99. The molecule has 0 saturated carbocycles. The summed E-state index contributed by atoms with van der Waals surface area (Å²) in [6, 6.07) is 23.3. The molecule has 0 amide bonds. The minimum absolute atomic E-state index is 0.00153. The molecule has 0 aromatic heterocycles. The first-order valence-electron chi connectivity index (χ1n) is 10.3. The van der Waals surface area contributed by atoms with Crippen molar-refractivity contribution in [3.05, 3.63) is 95.6 Å². The molecule has 3 rings (SSSR count). The molecule has 0 aliphatic carbocycles.